The molecule has 0 aliphatic heterocycles. The van der Waals surface area contributed by atoms with Gasteiger partial charge in [0, 0.05) is 10.0 Å². The van der Waals surface area contributed by atoms with Gasteiger partial charge in [-0.1, -0.05) is 27.2 Å². The van der Waals surface area contributed by atoms with E-state index in [9.17, 15) is 4.79 Å². The molecule has 1 amide bonds. The van der Waals surface area contributed by atoms with Crippen molar-refractivity contribution in [1.29, 1.82) is 0 Å². The minimum absolute atomic E-state index is 0.162. The molecule has 0 aliphatic rings. The number of aryl methyl sites for hydroxylation is 1. The number of hydrogen-bond acceptors (Lipinski definition) is 4. The van der Waals surface area contributed by atoms with Crippen LogP contribution in [0.2, 0.25) is 0 Å². The van der Waals surface area contributed by atoms with Gasteiger partial charge in [0.15, 0.2) is 5.82 Å². The Morgan fingerprint density at radius 1 is 1.44 bits per heavy atom. The Morgan fingerprint density at radius 2 is 2.22 bits per heavy atom. The number of halogens is 1. The second-order valence-corrected chi connectivity index (χ2v) is 4.68. The topological polar surface area (TPSA) is 68.0 Å². The second-order valence-electron chi connectivity index (χ2n) is 3.83. The molecule has 0 saturated carbocycles. The molecule has 5 nitrogen and oxygen atoms in total. The van der Waals surface area contributed by atoms with E-state index in [1.54, 1.807) is 13.0 Å². The Bertz CT molecular complexity index is 580. The SMILES string of the molecule is Cc1noc(CNC(=O)c2cccc(Br)c2C)n1. The number of benzene rings is 1. The third kappa shape index (κ3) is 2.76. The minimum atomic E-state index is -0.162. The van der Waals surface area contributed by atoms with E-state index >= 15 is 0 Å². The summed E-state index contributed by atoms with van der Waals surface area (Å²) < 4.78 is 5.83. The van der Waals surface area contributed by atoms with E-state index in [1.165, 1.54) is 0 Å². The molecule has 1 aromatic carbocycles. The largest absolute Gasteiger partial charge is 0.343 e. The standard InChI is InChI=1S/C12H12BrN3O2/c1-7-9(4-3-5-10(7)13)12(17)14-6-11-15-8(2)16-18-11/h3-5H,6H2,1-2H3,(H,14,17). The number of carbonyl (C=O) groups is 1. The lowest BCUT2D eigenvalue weighted by Crippen LogP contribution is -2.23. The highest BCUT2D eigenvalue weighted by molar-refractivity contribution is 9.10. The zero-order valence-electron chi connectivity index (χ0n) is 10.0. The van der Waals surface area contributed by atoms with E-state index in [-0.39, 0.29) is 12.5 Å². The van der Waals surface area contributed by atoms with Gasteiger partial charge in [-0.05, 0) is 31.5 Å². The van der Waals surface area contributed by atoms with Gasteiger partial charge < -0.3 is 9.84 Å². The fourth-order valence-electron chi connectivity index (χ4n) is 1.52. The molecule has 2 aromatic rings. The fourth-order valence-corrected chi connectivity index (χ4v) is 1.88. The zero-order valence-corrected chi connectivity index (χ0v) is 11.6. The Kier molecular flexibility index (Phi) is 3.76. The number of hydrogen-bond donors (Lipinski definition) is 1. The Balaban J connectivity index is 2.06. The molecular weight excluding hydrogens is 298 g/mol. The van der Waals surface area contributed by atoms with Crippen LogP contribution in [0.25, 0.3) is 0 Å². The van der Waals surface area contributed by atoms with Crippen molar-refractivity contribution < 1.29 is 9.32 Å². The highest BCUT2D eigenvalue weighted by Crippen LogP contribution is 2.19. The quantitative estimate of drug-likeness (QED) is 0.945. The summed E-state index contributed by atoms with van der Waals surface area (Å²) in [4.78, 5) is 16.0. The van der Waals surface area contributed by atoms with Crippen molar-refractivity contribution >= 4 is 21.8 Å². The summed E-state index contributed by atoms with van der Waals surface area (Å²) in [7, 11) is 0. The second kappa shape index (κ2) is 5.30. The number of rotatable bonds is 3. The van der Waals surface area contributed by atoms with Gasteiger partial charge in [0.25, 0.3) is 5.91 Å². The molecule has 2 rings (SSSR count). The van der Waals surface area contributed by atoms with Gasteiger partial charge in [-0.25, -0.2) is 0 Å². The van der Waals surface area contributed by atoms with Gasteiger partial charge in [-0.15, -0.1) is 0 Å². The summed E-state index contributed by atoms with van der Waals surface area (Å²) >= 11 is 3.39. The van der Waals surface area contributed by atoms with Crippen LogP contribution >= 0.6 is 15.9 Å². The monoisotopic (exact) mass is 309 g/mol. The van der Waals surface area contributed by atoms with Gasteiger partial charge in [0.05, 0.1) is 6.54 Å². The predicted octanol–water partition coefficient (Wildman–Crippen LogP) is 2.38. The Labute approximate surface area is 113 Å². The van der Waals surface area contributed by atoms with Crippen molar-refractivity contribution in [1.82, 2.24) is 15.5 Å². The van der Waals surface area contributed by atoms with Crippen molar-refractivity contribution in [3.05, 3.63) is 45.5 Å². The van der Waals surface area contributed by atoms with Crippen LogP contribution in [0.3, 0.4) is 0 Å². The van der Waals surface area contributed by atoms with E-state index in [2.05, 4.69) is 31.4 Å². The van der Waals surface area contributed by atoms with Crippen molar-refractivity contribution in [2.75, 3.05) is 0 Å². The lowest BCUT2D eigenvalue weighted by atomic mass is 10.1. The summed E-state index contributed by atoms with van der Waals surface area (Å²) in [6.45, 7) is 3.84. The van der Waals surface area contributed by atoms with Crippen LogP contribution in [0.5, 0.6) is 0 Å². The van der Waals surface area contributed by atoms with Crippen LogP contribution in [0.15, 0.2) is 27.2 Å². The fraction of sp³-hybridized carbons (Fsp3) is 0.250. The number of nitrogens with one attached hydrogen (secondary N) is 1. The van der Waals surface area contributed by atoms with Crippen LogP contribution in [0.4, 0.5) is 0 Å². The first kappa shape index (κ1) is 12.8. The zero-order chi connectivity index (χ0) is 13.1. The first-order valence-electron chi connectivity index (χ1n) is 5.40. The molecule has 0 spiro atoms. The average Bonchev–Trinajstić information content (AvgIpc) is 2.76. The molecule has 6 heteroatoms. The van der Waals surface area contributed by atoms with Crippen LogP contribution in [-0.2, 0) is 6.54 Å². The molecule has 0 bridgehead atoms. The summed E-state index contributed by atoms with van der Waals surface area (Å²) in [5.74, 6) is 0.788. The Morgan fingerprint density at radius 3 is 2.89 bits per heavy atom. The highest BCUT2D eigenvalue weighted by atomic mass is 79.9. The summed E-state index contributed by atoms with van der Waals surface area (Å²) in [6.07, 6.45) is 0. The lowest BCUT2D eigenvalue weighted by molar-refractivity contribution is 0.0945. The molecule has 0 saturated heterocycles. The molecule has 0 unspecified atom stereocenters. The number of carbonyl (C=O) groups excluding carboxylic acids is 1. The Hall–Kier alpha value is -1.69. The third-order valence-corrected chi connectivity index (χ3v) is 3.34. The summed E-state index contributed by atoms with van der Waals surface area (Å²) in [6, 6.07) is 5.49. The third-order valence-electron chi connectivity index (χ3n) is 2.48. The van der Waals surface area contributed by atoms with Gasteiger partial charge in [-0.3, -0.25) is 4.79 Å². The first-order valence-corrected chi connectivity index (χ1v) is 6.19. The van der Waals surface area contributed by atoms with E-state index < -0.39 is 0 Å². The van der Waals surface area contributed by atoms with E-state index in [1.807, 2.05) is 19.1 Å². The van der Waals surface area contributed by atoms with Crippen molar-refractivity contribution in [3.63, 3.8) is 0 Å². The van der Waals surface area contributed by atoms with Gasteiger partial charge in [0.1, 0.15) is 0 Å². The molecule has 1 aromatic heterocycles. The molecule has 0 fully saturated rings. The maximum absolute atomic E-state index is 12.0. The molecule has 94 valence electrons. The molecule has 1 N–H and O–H groups in total. The molecule has 0 radical (unpaired) electrons. The molecule has 0 aliphatic carbocycles. The van der Waals surface area contributed by atoms with E-state index in [0.717, 1.165) is 10.0 Å². The molecule has 1 heterocycles. The number of aromatic nitrogens is 2. The predicted molar refractivity (Wildman–Crippen MR) is 69.1 cm³/mol. The van der Waals surface area contributed by atoms with Crippen LogP contribution in [-0.4, -0.2) is 16.0 Å². The van der Waals surface area contributed by atoms with Crippen LogP contribution < -0.4 is 5.32 Å². The van der Waals surface area contributed by atoms with Gasteiger partial charge >= 0.3 is 0 Å². The van der Waals surface area contributed by atoms with Crippen molar-refractivity contribution in [3.8, 4) is 0 Å². The summed E-state index contributed by atoms with van der Waals surface area (Å²) in [5, 5.41) is 6.39. The maximum atomic E-state index is 12.0. The van der Waals surface area contributed by atoms with Crippen molar-refractivity contribution in [2.45, 2.75) is 20.4 Å². The molecule has 18 heavy (non-hydrogen) atoms. The maximum Gasteiger partial charge on any atom is 0.252 e. The van der Waals surface area contributed by atoms with Crippen LogP contribution in [0.1, 0.15) is 27.6 Å². The van der Waals surface area contributed by atoms with Crippen molar-refractivity contribution in [2.24, 2.45) is 0 Å². The number of nitrogens with zero attached hydrogens (tertiary/aromatic N) is 2. The smallest absolute Gasteiger partial charge is 0.252 e. The number of amides is 1. The van der Waals surface area contributed by atoms with E-state index in [4.69, 9.17) is 4.52 Å². The van der Waals surface area contributed by atoms with E-state index in [0.29, 0.717) is 17.3 Å². The molecular formula is C12H12BrN3O2. The highest BCUT2D eigenvalue weighted by Gasteiger charge is 2.11. The van der Waals surface area contributed by atoms with Gasteiger partial charge in [-0.2, -0.15) is 4.98 Å². The first-order chi connectivity index (χ1) is 8.58. The minimum Gasteiger partial charge on any atom is -0.343 e. The van der Waals surface area contributed by atoms with Crippen LogP contribution in [0, 0.1) is 13.8 Å². The lowest BCUT2D eigenvalue weighted by Gasteiger charge is -2.07. The molecule has 0 atom stereocenters. The van der Waals surface area contributed by atoms with Gasteiger partial charge in [0.2, 0.25) is 5.89 Å². The normalized spacial score (nSPS) is 10.4. The average molecular weight is 310 g/mol. The summed E-state index contributed by atoms with van der Waals surface area (Å²) in [5.41, 5.74) is 1.53.